The molecule has 4 aromatic rings. The van der Waals surface area contributed by atoms with Crippen LogP contribution in [0.1, 0.15) is 29.6 Å². The number of likely N-dealkylation sites (N-methyl/N-ethyl adjacent to an activating group) is 1. The summed E-state index contributed by atoms with van der Waals surface area (Å²) >= 11 is 0. The summed E-state index contributed by atoms with van der Waals surface area (Å²) in [6, 6.07) is 12.5. The van der Waals surface area contributed by atoms with Crippen LogP contribution in [0.5, 0.6) is 0 Å². The number of carbonyl (C=O) groups is 1. The summed E-state index contributed by atoms with van der Waals surface area (Å²) in [5.41, 5.74) is 4.94. The van der Waals surface area contributed by atoms with Gasteiger partial charge in [0.2, 0.25) is 0 Å². The number of amides is 1. The molecule has 1 saturated carbocycles. The van der Waals surface area contributed by atoms with Crippen LogP contribution in [0.2, 0.25) is 0 Å². The Morgan fingerprint density at radius 3 is 2.77 bits per heavy atom. The molecule has 1 N–H and O–H groups in total. The highest BCUT2D eigenvalue weighted by Crippen LogP contribution is 2.37. The highest BCUT2D eigenvalue weighted by molar-refractivity contribution is 6.13. The average Bonchev–Trinajstić information content (AvgIpc) is 3.56. The fourth-order valence-corrected chi connectivity index (χ4v) is 4.62. The third-order valence-corrected chi connectivity index (χ3v) is 6.45. The van der Waals surface area contributed by atoms with Gasteiger partial charge in [-0.05, 0) is 57.1 Å². The van der Waals surface area contributed by atoms with Gasteiger partial charge in [0.15, 0.2) is 5.65 Å². The molecule has 3 aromatic heterocycles. The van der Waals surface area contributed by atoms with Gasteiger partial charge in [-0.3, -0.25) is 9.20 Å². The number of carbonyl (C=O) groups excluding carboxylic acids is 1. The van der Waals surface area contributed by atoms with E-state index in [-0.39, 0.29) is 5.91 Å². The Bertz CT molecular complexity index is 1310. The molecule has 0 atom stereocenters. The summed E-state index contributed by atoms with van der Waals surface area (Å²) in [7, 11) is 2.12. The van der Waals surface area contributed by atoms with Crippen LogP contribution in [0.25, 0.3) is 27.7 Å². The van der Waals surface area contributed by atoms with Crippen molar-refractivity contribution in [2.45, 2.75) is 25.3 Å². The predicted octanol–water partition coefficient (Wildman–Crippen LogP) is 3.39. The number of benzene rings is 1. The molecule has 2 aliphatic rings. The van der Waals surface area contributed by atoms with Crippen LogP contribution >= 0.6 is 0 Å². The summed E-state index contributed by atoms with van der Waals surface area (Å²) in [4.78, 5) is 27.9. The second kappa shape index (κ2) is 7.20. The zero-order chi connectivity index (χ0) is 20.9. The van der Waals surface area contributed by atoms with E-state index in [1.165, 1.54) is 0 Å². The van der Waals surface area contributed by atoms with E-state index < -0.39 is 0 Å². The van der Waals surface area contributed by atoms with E-state index >= 15 is 0 Å². The van der Waals surface area contributed by atoms with Gasteiger partial charge in [-0.15, -0.1) is 0 Å². The molecule has 158 valence electrons. The van der Waals surface area contributed by atoms with Crippen molar-refractivity contribution in [1.82, 2.24) is 24.2 Å². The molecule has 0 radical (unpaired) electrons. The maximum absolute atomic E-state index is 14.0. The maximum atomic E-state index is 14.0. The number of aromatic nitrogens is 3. The summed E-state index contributed by atoms with van der Waals surface area (Å²) in [6.45, 7) is 3.40. The van der Waals surface area contributed by atoms with Crippen LogP contribution in [-0.2, 0) is 0 Å². The Morgan fingerprint density at radius 2 is 1.90 bits per heavy atom. The van der Waals surface area contributed by atoms with Crippen LogP contribution < -0.4 is 5.32 Å². The van der Waals surface area contributed by atoms with Crippen molar-refractivity contribution in [3.63, 3.8) is 0 Å². The molecular formula is C24H26N6O. The Kier molecular flexibility index (Phi) is 4.31. The number of para-hydroxylation sites is 2. The van der Waals surface area contributed by atoms with Crippen molar-refractivity contribution < 1.29 is 4.79 Å². The lowest BCUT2D eigenvalue weighted by Crippen LogP contribution is -2.35. The smallest absolute Gasteiger partial charge is 0.259 e. The van der Waals surface area contributed by atoms with Gasteiger partial charge in [-0.25, -0.2) is 9.97 Å². The zero-order valence-electron chi connectivity index (χ0n) is 17.7. The number of nitrogens with zero attached hydrogens (tertiary/aromatic N) is 5. The molecule has 7 heteroatoms. The fourth-order valence-electron chi connectivity index (χ4n) is 4.62. The topological polar surface area (TPSA) is 65.8 Å². The van der Waals surface area contributed by atoms with E-state index in [0.29, 0.717) is 17.3 Å². The minimum absolute atomic E-state index is 0.0597. The Balaban J connectivity index is 1.64. The standard InChI is InChI=1S/C24H26N6O/c1-28-12-5-13-29(15-14-28)24(31)20-21(26-16-9-10-16)17-6-4-11-25-22(17)30-19-8-3-2-7-18(19)27-23(20)30/h2-4,6-8,11,16,26H,5,9-10,12-15H2,1H3. The Hall–Kier alpha value is -3.19. The van der Waals surface area contributed by atoms with Crippen LogP contribution in [-0.4, -0.2) is 69.3 Å². The number of pyridine rings is 2. The quantitative estimate of drug-likeness (QED) is 0.557. The van der Waals surface area contributed by atoms with Crippen molar-refractivity contribution in [3.8, 4) is 0 Å². The number of hydrogen-bond donors (Lipinski definition) is 1. The molecule has 1 aromatic carbocycles. The Labute approximate surface area is 180 Å². The van der Waals surface area contributed by atoms with Crippen molar-refractivity contribution >= 4 is 39.3 Å². The van der Waals surface area contributed by atoms with Crippen LogP contribution in [0, 0.1) is 0 Å². The molecular weight excluding hydrogens is 388 g/mol. The second-order valence-corrected chi connectivity index (χ2v) is 8.75. The normalized spacial score (nSPS) is 18.0. The molecule has 4 heterocycles. The highest BCUT2D eigenvalue weighted by Gasteiger charge is 2.31. The number of nitrogens with one attached hydrogen (secondary N) is 1. The molecule has 1 saturated heterocycles. The van der Waals surface area contributed by atoms with E-state index in [9.17, 15) is 4.79 Å². The first kappa shape index (κ1) is 18.6. The first-order chi connectivity index (χ1) is 15.2. The summed E-state index contributed by atoms with van der Waals surface area (Å²) in [6.07, 6.45) is 5.05. The van der Waals surface area contributed by atoms with Crippen molar-refractivity contribution in [2.75, 3.05) is 38.5 Å². The molecule has 0 unspecified atom stereocenters. The number of anilines is 1. The van der Waals surface area contributed by atoms with Gasteiger partial charge >= 0.3 is 0 Å². The van der Waals surface area contributed by atoms with E-state index in [2.05, 4.69) is 27.7 Å². The minimum Gasteiger partial charge on any atom is -0.381 e. The number of fused-ring (bicyclic) bond motifs is 5. The predicted molar refractivity (Wildman–Crippen MR) is 123 cm³/mol. The molecule has 1 aliphatic heterocycles. The maximum Gasteiger partial charge on any atom is 0.259 e. The number of rotatable bonds is 3. The largest absolute Gasteiger partial charge is 0.381 e. The molecule has 7 nitrogen and oxygen atoms in total. The van der Waals surface area contributed by atoms with Crippen molar-refractivity contribution in [2.24, 2.45) is 0 Å². The molecule has 0 spiro atoms. The van der Waals surface area contributed by atoms with Gasteiger partial charge in [0, 0.05) is 37.3 Å². The van der Waals surface area contributed by atoms with Crippen molar-refractivity contribution in [1.29, 1.82) is 0 Å². The lowest BCUT2D eigenvalue weighted by molar-refractivity contribution is 0.0765. The zero-order valence-corrected chi connectivity index (χ0v) is 17.7. The van der Waals surface area contributed by atoms with E-state index in [1.54, 1.807) is 0 Å². The van der Waals surface area contributed by atoms with E-state index in [0.717, 1.165) is 73.2 Å². The molecule has 2 fully saturated rings. The third-order valence-electron chi connectivity index (χ3n) is 6.45. The van der Waals surface area contributed by atoms with Crippen LogP contribution in [0.3, 0.4) is 0 Å². The molecule has 1 amide bonds. The first-order valence-electron chi connectivity index (χ1n) is 11.1. The van der Waals surface area contributed by atoms with Crippen LogP contribution in [0.15, 0.2) is 42.6 Å². The third kappa shape index (κ3) is 3.11. The number of hydrogen-bond acceptors (Lipinski definition) is 5. The SMILES string of the molecule is CN1CCCN(C(=O)c2c(NC3CC3)c3cccnc3n3c2nc2ccccc23)CC1. The van der Waals surface area contributed by atoms with Gasteiger partial charge in [0.05, 0.1) is 16.7 Å². The highest BCUT2D eigenvalue weighted by atomic mass is 16.2. The van der Waals surface area contributed by atoms with Gasteiger partial charge in [0.1, 0.15) is 11.2 Å². The van der Waals surface area contributed by atoms with E-state index in [1.807, 2.05) is 41.4 Å². The molecule has 1 aliphatic carbocycles. The van der Waals surface area contributed by atoms with Gasteiger partial charge in [0.25, 0.3) is 5.91 Å². The van der Waals surface area contributed by atoms with E-state index in [4.69, 9.17) is 9.97 Å². The van der Waals surface area contributed by atoms with Crippen molar-refractivity contribution in [3.05, 3.63) is 48.2 Å². The molecule has 6 rings (SSSR count). The van der Waals surface area contributed by atoms with Gasteiger partial charge in [-0.1, -0.05) is 12.1 Å². The van der Waals surface area contributed by atoms with Gasteiger partial charge < -0.3 is 15.1 Å². The monoisotopic (exact) mass is 414 g/mol. The fraction of sp³-hybridized carbons (Fsp3) is 0.375. The summed E-state index contributed by atoms with van der Waals surface area (Å²) in [5, 5.41) is 4.63. The lowest BCUT2D eigenvalue weighted by atomic mass is 10.1. The summed E-state index contributed by atoms with van der Waals surface area (Å²) in [5.74, 6) is 0.0597. The minimum atomic E-state index is 0.0597. The van der Waals surface area contributed by atoms with Crippen LogP contribution in [0.4, 0.5) is 5.69 Å². The molecule has 0 bridgehead atoms. The first-order valence-corrected chi connectivity index (χ1v) is 11.1. The van der Waals surface area contributed by atoms with Gasteiger partial charge in [-0.2, -0.15) is 0 Å². The summed E-state index contributed by atoms with van der Waals surface area (Å²) < 4.78 is 2.06. The second-order valence-electron chi connectivity index (χ2n) is 8.75. The Morgan fingerprint density at radius 1 is 1.03 bits per heavy atom. The number of imidazole rings is 1. The molecule has 31 heavy (non-hydrogen) atoms. The average molecular weight is 415 g/mol. The lowest BCUT2D eigenvalue weighted by Gasteiger charge is -2.23.